The van der Waals surface area contributed by atoms with Gasteiger partial charge in [-0.15, -0.1) is 0 Å². The number of likely N-dealkylation sites (N-methyl/N-ethyl adjacent to an activating group) is 1. The summed E-state index contributed by atoms with van der Waals surface area (Å²) in [7, 11) is 1.82. The van der Waals surface area contributed by atoms with Crippen molar-refractivity contribution < 1.29 is 13.2 Å². The van der Waals surface area contributed by atoms with Crippen LogP contribution < -0.4 is 0 Å². The molecule has 1 aliphatic carbocycles. The Hall–Kier alpha value is -0.700. The first-order valence-corrected chi connectivity index (χ1v) is 10.3. The molecule has 7 nitrogen and oxygen atoms in total. The Balaban J connectivity index is 1.75. The third-order valence-corrected chi connectivity index (χ3v) is 7.82. The summed E-state index contributed by atoms with van der Waals surface area (Å²) in [6.07, 6.45) is 4.59. The molecule has 8 heteroatoms. The first-order valence-electron chi connectivity index (χ1n) is 8.91. The lowest BCUT2D eigenvalue weighted by molar-refractivity contribution is -0.130. The Bertz CT molecular complexity index is 590. The van der Waals surface area contributed by atoms with Crippen LogP contribution in [0, 0.1) is 5.92 Å². The van der Waals surface area contributed by atoms with Crippen LogP contribution in [0.2, 0.25) is 0 Å². The van der Waals surface area contributed by atoms with Gasteiger partial charge in [-0.3, -0.25) is 9.69 Å². The zero-order chi connectivity index (χ0) is 17.5. The number of likely N-dealkylation sites (tertiary alicyclic amines) is 1. The molecule has 1 saturated carbocycles. The predicted octanol–water partition coefficient (Wildman–Crippen LogP) is 0.202. The zero-order valence-electron chi connectivity index (χ0n) is 15.1. The summed E-state index contributed by atoms with van der Waals surface area (Å²) in [6.45, 7) is 3.34. The molecular weight excluding hydrogens is 328 g/mol. The number of hydrogen-bond donors (Lipinski definition) is 0. The van der Waals surface area contributed by atoms with Crippen molar-refractivity contribution in [2.24, 2.45) is 5.92 Å². The van der Waals surface area contributed by atoms with Gasteiger partial charge in [-0.1, -0.05) is 0 Å². The summed E-state index contributed by atoms with van der Waals surface area (Å²) in [5.41, 5.74) is -0.227. The summed E-state index contributed by atoms with van der Waals surface area (Å²) >= 11 is 0. The summed E-state index contributed by atoms with van der Waals surface area (Å²) in [6, 6.07) is 0. The minimum atomic E-state index is -3.41. The average molecular weight is 359 g/mol. The second-order valence-corrected chi connectivity index (χ2v) is 9.95. The third-order valence-electron chi connectivity index (χ3n) is 5.93. The Kier molecular flexibility index (Phi) is 4.94. The van der Waals surface area contributed by atoms with Gasteiger partial charge < -0.3 is 4.90 Å². The molecule has 1 unspecified atom stereocenters. The molecule has 2 heterocycles. The van der Waals surface area contributed by atoms with E-state index < -0.39 is 10.2 Å². The van der Waals surface area contributed by atoms with Crippen molar-refractivity contribution in [2.45, 2.75) is 37.6 Å². The van der Waals surface area contributed by atoms with Gasteiger partial charge in [0.05, 0.1) is 0 Å². The van der Waals surface area contributed by atoms with Crippen LogP contribution >= 0.6 is 0 Å². The number of carbonyl (C=O) groups is 1. The fourth-order valence-electron chi connectivity index (χ4n) is 3.89. The molecule has 2 aliphatic heterocycles. The second-order valence-electron chi connectivity index (χ2n) is 7.80. The van der Waals surface area contributed by atoms with Gasteiger partial charge in [-0.25, -0.2) is 0 Å². The maximum atomic E-state index is 12.5. The van der Waals surface area contributed by atoms with Crippen molar-refractivity contribution in [3.05, 3.63) is 0 Å². The van der Waals surface area contributed by atoms with Gasteiger partial charge in [0.2, 0.25) is 5.91 Å². The lowest BCUT2D eigenvalue weighted by Crippen LogP contribution is -2.63. The number of rotatable bonds is 4. The highest BCUT2D eigenvalue weighted by molar-refractivity contribution is 7.86. The zero-order valence-corrected chi connectivity index (χ0v) is 15.9. The first kappa shape index (κ1) is 18.1. The third kappa shape index (κ3) is 3.47. The SMILES string of the molecule is CN1CCN(S(=O)(=O)N(C)C)CC12CCC(=O)N(CC1CC1)CC2. The number of amides is 1. The average Bonchev–Trinajstić information content (AvgIpc) is 3.35. The molecule has 0 aromatic heterocycles. The van der Waals surface area contributed by atoms with E-state index in [1.807, 2.05) is 4.90 Å². The van der Waals surface area contributed by atoms with E-state index >= 15 is 0 Å². The van der Waals surface area contributed by atoms with E-state index in [9.17, 15) is 13.2 Å². The first-order chi connectivity index (χ1) is 11.2. The molecular formula is C16H30N4O3S. The second kappa shape index (κ2) is 6.55. The van der Waals surface area contributed by atoms with Crippen LogP contribution in [0.1, 0.15) is 32.1 Å². The number of hydrogen-bond acceptors (Lipinski definition) is 4. The van der Waals surface area contributed by atoms with Crippen LogP contribution in [0.3, 0.4) is 0 Å². The molecule has 24 heavy (non-hydrogen) atoms. The molecule has 0 radical (unpaired) electrons. The Labute approximate surface area is 145 Å². The standard InChI is InChI=1S/C16H30N4O3S/c1-17(2)24(22,23)20-11-10-18(3)16(13-20)7-6-15(21)19(9-8-16)12-14-4-5-14/h14H,4-13H2,1-3H3. The minimum absolute atomic E-state index is 0.227. The maximum absolute atomic E-state index is 12.5. The largest absolute Gasteiger partial charge is 0.342 e. The van der Waals surface area contributed by atoms with Crippen LogP contribution in [0.5, 0.6) is 0 Å². The number of carbonyl (C=O) groups excluding carboxylic acids is 1. The van der Waals surface area contributed by atoms with E-state index in [0.29, 0.717) is 32.0 Å². The van der Waals surface area contributed by atoms with Crippen LogP contribution in [-0.2, 0) is 15.0 Å². The van der Waals surface area contributed by atoms with Crippen molar-refractivity contribution in [3.63, 3.8) is 0 Å². The van der Waals surface area contributed by atoms with Gasteiger partial charge in [-0.05, 0) is 38.6 Å². The number of nitrogens with zero attached hydrogens (tertiary/aromatic N) is 4. The fourth-order valence-corrected chi connectivity index (χ4v) is 5.07. The molecule has 3 aliphatic rings. The monoisotopic (exact) mass is 358 g/mol. The molecule has 0 aromatic carbocycles. The summed E-state index contributed by atoms with van der Waals surface area (Å²) in [5.74, 6) is 0.928. The van der Waals surface area contributed by atoms with E-state index in [1.54, 1.807) is 18.4 Å². The molecule has 3 fully saturated rings. The van der Waals surface area contributed by atoms with Gasteiger partial charge in [0.25, 0.3) is 10.2 Å². The summed E-state index contributed by atoms with van der Waals surface area (Å²) < 4.78 is 28.0. The molecule has 1 atom stereocenters. The number of piperazine rings is 1. The molecule has 0 aromatic rings. The maximum Gasteiger partial charge on any atom is 0.281 e. The van der Waals surface area contributed by atoms with Crippen molar-refractivity contribution in [1.29, 1.82) is 0 Å². The molecule has 1 amide bonds. The van der Waals surface area contributed by atoms with E-state index in [1.165, 1.54) is 17.1 Å². The van der Waals surface area contributed by atoms with Crippen molar-refractivity contribution in [3.8, 4) is 0 Å². The van der Waals surface area contributed by atoms with E-state index in [4.69, 9.17) is 0 Å². The molecule has 1 spiro atoms. The van der Waals surface area contributed by atoms with Crippen LogP contribution in [-0.4, -0.2) is 92.1 Å². The molecule has 2 saturated heterocycles. The fraction of sp³-hybridized carbons (Fsp3) is 0.938. The van der Waals surface area contributed by atoms with Crippen LogP contribution in [0.4, 0.5) is 0 Å². The highest BCUT2D eigenvalue weighted by atomic mass is 32.2. The smallest absolute Gasteiger partial charge is 0.281 e. The van der Waals surface area contributed by atoms with Gasteiger partial charge >= 0.3 is 0 Å². The van der Waals surface area contributed by atoms with Gasteiger partial charge in [0.1, 0.15) is 0 Å². The van der Waals surface area contributed by atoms with Crippen molar-refractivity contribution in [2.75, 3.05) is 53.9 Å². The molecule has 0 bridgehead atoms. The van der Waals surface area contributed by atoms with E-state index in [0.717, 1.165) is 25.9 Å². The van der Waals surface area contributed by atoms with E-state index in [2.05, 4.69) is 11.9 Å². The molecule has 138 valence electrons. The minimum Gasteiger partial charge on any atom is -0.342 e. The predicted molar refractivity (Wildman–Crippen MR) is 92.7 cm³/mol. The highest BCUT2D eigenvalue weighted by Crippen LogP contribution is 2.35. The van der Waals surface area contributed by atoms with Crippen molar-refractivity contribution in [1.82, 2.24) is 18.4 Å². The molecule has 0 N–H and O–H groups in total. The van der Waals surface area contributed by atoms with Gasteiger partial charge in [0, 0.05) is 58.8 Å². The normalized spacial score (nSPS) is 31.0. The van der Waals surface area contributed by atoms with Gasteiger partial charge in [0.15, 0.2) is 0 Å². The lowest BCUT2D eigenvalue weighted by Gasteiger charge is -2.49. The topological polar surface area (TPSA) is 64.2 Å². The summed E-state index contributed by atoms with van der Waals surface area (Å²) in [5, 5.41) is 0. The van der Waals surface area contributed by atoms with Gasteiger partial charge in [-0.2, -0.15) is 17.0 Å². The van der Waals surface area contributed by atoms with Crippen molar-refractivity contribution >= 4 is 16.1 Å². The van der Waals surface area contributed by atoms with E-state index in [-0.39, 0.29) is 11.4 Å². The van der Waals surface area contributed by atoms with Crippen LogP contribution in [0.15, 0.2) is 0 Å². The quantitative estimate of drug-likeness (QED) is 0.720. The Morgan fingerprint density at radius 3 is 2.50 bits per heavy atom. The lowest BCUT2D eigenvalue weighted by atomic mass is 9.87. The molecule has 3 rings (SSSR count). The van der Waals surface area contributed by atoms with Crippen LogP contribution in [0.25, 0.3) is 0 Å². The Morgan fingerprint density at radius 1 is 1.17 bits per heavy atom. The highest BCUT2D eigenvalue weighted by Gasteiger charge is 2.45. The Morgan fingerprint density at radius 2 is 1.88 bits per heavy atom. The summed E-state index contributed by atoms with van der Waals surface area (Å²) in [4.78, 5) is 16.8.